The largest absolute Gasteiger partial charge is 0.311 e. The van der Waals surface area contributed by atoms with Gasteiger partial charge in [-0.1, -0.05) is 25.4 Å². The zero-order valence-electron chi connectivity index (χ0n) is 11.4. The zero-order valence-corrected chi connectivity index (χ0v) is 12.1. The summed E-state index contributed by atoms with van der Waals surface area (Å²) >= 11 is 5.77. The maximum Gasteiger partial charge on any atom is 0.275 e. The predicted octanol–water partition coefficient (Wildman–Crippen LogP) is 2.68. The van der Waals surface area contributed by atoms with E-state index in [4.69, 9.17) is 11.6 Å². The normalized spacial score (nSPS) is 10.9. The van der Waals surface area contributed by atoms with Crippen LogP contribution in [0.25, 0.3) is 0 Å². The Morgan fingerprint density at radius 1 is 1.37 bits per heavy atom. The lowest BCUT2D eigenvalue weighted by atomic mass is 10.2. The van der Waals surface area contributed by atoms with E-state index in [1.54, 1.807) is 12.1 Å². The molecule has 19 heavy (non-hydrogen) atoms. The molecule has 0 amide bonds. The van der Waals surface area contributed by atoms with Crippen LogP contribution in [-0.2, 0) is 6.54 Å². The van der Waals surface area contributed by atoms with Crippen molar-refractivity contribution in [1.82, 2.24) is 10.2 Å². The molecule has 0 bridgehead atoms. The van der Waals surface area contributed by atoms with Gasteiger partial charge in [-0.25, -0.2) is 0 Å². The number of nitrogens with one attached hydrogen (secondary N) is 1. The van der Waals surface area contributed by atoms with Crippen LogP contribution in [0.5, 0.6) is 0 Å². The van der Waals surface area contributed by atoms with Crippen LogP contribution in [-0.4, -0.2) is 36.0 Å². The van der Waals surface area contributed by atoms with Crippen LogP contribution in [0.2, 0.25) is 5.02 Å². The fraction of sp³-hybridized carbons (Fsp3) is 0.538. The maximum absolute atomic E-state index is 10.9. The van der Waals surface area contributed by atoms with Gasteiger partial charge in [-0.3, -0.25) is 10.1 Å². The zero-order chi connectivity index (χ0) is 14.3. The molecule has 1 aromatic carbocycles. The van der Waals surface area contributed by atoms with Gasteiger partial charge in [0, 0.05) is 36.3 Å². The Morgan fingerprint density at radius 3 is 2.63 bits per heavy atom. The second-order valence-corrected chi connectivity index (χ2v) is 4.67. The first kappa shape index (κ1) is 15.9. The van der Waals surface area contributed by atoms with E-state index in [1.165, 1.54) is 6.07 Å². The number of nitro groups is 1. The standard InChI is InChI=1S/C13H20ClN3O2/c1-3-16(4-2)8-7-15-10-11-5-6-12(14)9-13(11)17(18)19/h5-6,9,15H,3-4,7-8,10H2,1-2H3. The van der Waals surface area contributed by atoms with Crippen molar-refractivity contribution < 1.29 is 4.92 Å². The van der Waals surface area contributed by atoms with E-state index in [1.807, 2.05) is 0 Å². The molecule has 0 radical (unpaired) electrons. The van der Waals surface area contributed by atoms with Gasteiger partial charge in [-0.05, 0) is 25.2 Å². The van der Waals surface area contributed by atoms with E-state index in [0.29, 0.717) is 17.1 Å². The van der Waals surface area contributed by atoms with Crippen LogP contribution < -0.4 is 5.32 Å². The van der Waals surface area contributed by atoms with Gasteiger partial charge in [0.15, 0.2) is 0 Å². The summed E-state index contributed by atoms with van der Waals surface area (Å²) in [6.07, 6.45) is 0. The number of nitro benzene ring substituents is 1. The second-order valence-electron chi connectivity index (χ2n) is 4.23. The molecular formula is C13H20ClN3O2. The molecule has 0 saturated carbocycles. The van der Waals surface area contributed by atoms with Crippen molar-refractivity contribution in [3.05, 3.63) is 38.9 Å². The van der Waals surface area contributed by atoms with Gasteiger partial charge in [0.1, 0.15) is 0 Å². The second kappa shape index (κ2) is 8.09. The maximum atomic E-state index is 10.9. The molecule has 0 aliphatic carbocycles. The van der Waals surface area contributed by atoms with Crippen LogP contribution >= 0.6 is 11.6 Å². The van der Waals surface area contributed by atoms with Crippen molar-refractivity contribution in [3.8, 4) is 0 Å². The van der Waals surface area contributed by atoms with Gasteiger partial charge in [0.25, 0.3) is 5.69 Å². The summed E-state index contributed by atoms with van der Waals surface area (Å²) in [4.78, 5) is 12.8. The minimum absolute atomic E-state index is 0.0721. The highest BCUT2D eigenvalue weighted by atomic mass is 35.5. The Kier molecular flexibility index (Phi) is 6.77. The number of nitrogens with zero attached hydrogens (tertiary/aromatic N) is 2. The predicted molar refractivity (Wildman–Crippen MR) is 77.6 cm³/mol. The van der Waals surface area contributed by atoms with Crippen LogP contribution in [0.1, 0.15) is 19.4 Å². The smallest absolute Gasteiger partial charge is 0.275 e. The molecule has 106 valence electrons. The Hall–Kier alpha value is -1.17. The Labute approximate surface area is 118 Å². The molecule has 1 aromatic rings. The first-order valence-electron chi connectivity index (χ1n) is 6.44. The highest BCUT2D eigenvalue weighted by molar-refractivity contribution is 6.30. The molecule has 0 unspecified atom stereocenters. The average Bonchev–Trinajstić information content (AvgIpc) is 2.40. The van der Waals surface area contributed by atoms with Crippen molar-refractivity contribution in [3.63, 3.8) is 0 Å². The summed E-state index contributed by atoms with van der Waals surface area (Å²) in [6.45, 7) is 8.49. The lowest BCUT2D eigenvalue weighted by Crippen LogP contribution is -2.31. The van der Waals surface area contributed by atoms with Crippen LogP contribution in [0.3, 0.4) is 0 Å². The molecule has 0 aliphatic rings. The summed E-state index contributed by atoms with van der Waals surface area (Å²) in [6, 6.07) is 4.77. The lowest BCUT2D eigenvalue weighted by molar-refractivity contribution is -0.385. The van der Waals surface area contributed by atoms with E-state index < -0.39 is 4.92 Å². The van der Waals surface area contributed by atoms with Crippen molar-refractivity contribution in [2.24, 2.45) is 0 Å². The van der Waals surface area contributed by atoms with Gasteiger partial charge >= 0.3 is 0 Å². The number of halogens is 1. The Balaban J connectivity index is 2.51. The summed E-state index contributed by atoms with van der Waals surface area (Å²) in [7, 11) is 0. The SMILES string of the molecule is CCN(CC)CCNCc1ccc(Cl)cc1[N+](=O)[O-]. The van der Waals surface area contributed by atoms with Crippen molar-refractivity contribution in [1.29, 1.82) is 0 Å². The fourth-order valence-corrected chi connectivity index (χ4v) is 2.02. The van der Waals surface area contributed by atoms with Crippen LogP contribution in [0.15, 0.2) is 18.2 Å². The van der Waals surface area contributed by atoms with E-state index in [-0.39, 0.29) is 5.69 Å². The number of rotatable bonds is 8. The molecule has 0 fully saturated rings. The first-order chi connectivity index (χ1) is 9.08. The Bertz CT molecular complexity index is 422. The number of benzene rings is 1. The monoisotopic (exact) mass is 285 g/mol. The summed E-state index contributed by atoms with van der Waals surface area (Å²) in [5, 5.41) is 14.5. The van der Waals surface area contributed by atoms with Gasteiger partial charge in [0.2, 0.25) is 0 Å². The summed E-state index contributed by atoms with van der Waals surface area (Å²) in [5.74, 6) is 0. The van der Waals surface area contributed by atoms with Crippen LogP contribution in [0, 0.1) is 10.1 Å². The molecule has 0 heterocycles. The molecule has 0 saturated heterocycles. The topological polar surface area (TPSA) is 58.4 Å². The minimum Gasteiger partial charge on any atom is -0.311 e. The van der Waals surface area contributed by atoms with Crippen LogP contribution in [0.4, 0.5) is 5.69 Å². The highest BCUT2D eigenvalue weighted by Crippen LogP contribution is 2.22. The third kappa shape index (κ3) is 5.14. The van der Waals surface area contributed by atoms with Crippen molar-refractivity contribution in [2.75, 3.05) is 26.2 Å². The Morgan fingerprint density at radius 2 is 2.05 bits per heavy atom. The highest BCUT2D eigenvalue weighted by Gasteiger charge is 2.13. The third-order valence-corrected chi connectivity index (χ3v) is 3.29. The lowest BCUT2D eigenvalue weighted by Gasteiger charge is -2.18. The number of hydrogen-bond donors (Lipinski definition) is 1. The first-order valence-corrected chi connectivity index (χ1v) is 6.82. The van der Waals surface area contributed by atoms with E-state index in [0.717, 1.165) is 26.2 Å². The molecule has 0 aromatic heterocycles. The molecule has 1 N–H and O–H groups in total. The average molecular weight is 286 g/mol. The van der Waals surface area contributed by atoms with Crippen molar-refractivity contribution >= 4 is 17.3 Å². The molecule has 1 rings (SSSR count). The summed E-state index contributed by atoms with van der Waals surface area (Å²) < 4.78 is 0. The molecular weight excluding hydrogens is 266 g/mol. The van der Waals surface area contributed by atoms with Gasteiger partial charge in [-0.15, -0.1) is 0 Å². The summed E-state index contributed by atoms with van der Waals surface area (Å²) in [5.41, 5.74) is 0.733. The minimum atomic E-state index is -0.396. The number of likely N-dealkylation sites (N-methyl/N-ethyl adjacent to an activating group) is 1. The molecule has 6 heteroatoms. The molecule has 0 aliphatic heterocycles. The van der Waals surface area contributed by atoms with Gasteiger partial charge in [-0.2, -0.15) is 0 Å². The quantitative estimate of drug-likeness (QED) is 0.453. The molecule has 5 nitrogen and oxygen atoms in total. The number of hydrogen-bond acceptors (Lipinski definition) is 4. The van der Waals surface area contributed by atoms with Gasteiger partial charge in [0.05, 0.1) is 4.92 Å². The van der Waals surface area contributed by atoms with Gasteiger partial charge < -0.3 is 10.2 Å². The van der Waals surface area contributed by atoms with E-state index in [9.17, 15) is 10.1 Å². The molecule has 0 spiro atoms. The fourth-order valence-electron chi connectivity index (χ4n) is 1.86. The third-order valence-electron chi connectivity index (χ3n) is 3.06. The molecule has 0 atom stereocenters. The van der Waals surface area contributed by atoms with E-state index in [2.05, 4.69) is 24.1 Å². The van der Waals surface area contributed by atoms with E-state index >= 15 is 0 Å². The van der Waals surface area contributed by atoms with Crippen molar-refractivity contribution in [2.45, 2.75) is 20.4 Å².